The summed E-state index contributed by atoms with van der Waals surface area (Å²) in [7, 11) is 0. The number of piperidine rings is 1. The van der Waals surface area contributed by atoms with Crippen LogP contribution in [-0.4, -0.2) is 39.2 Å². The zero-order valence-corrected chi connectivity index (χ0v) is 11.0. The molecule has 3 heterocycles. The van der Waals surface area contributed by atoms with Crippen LogP contribution in [-0.2, 0) is 12.8 Å². The standard InChI is InChI=1S/C14H23N3O/c18-14-6-4-5-12-11-15-13(17(12)14)7-10-16-8-2-1-3-9-16/h11,14,18H,1-10H2. The van der Waals surface area contributed by atoms with Gasteiger partial charge in [-0.15, -0.1) is 0 Å². The molecule has 1 fully saturated rings. The number of rotatable bonds is 3. The van der Waals surface area contributed by atoms with Gasteiger partial charge in [0.2, 0.25) is 0 Å². The number of imidazole rings is 1. The van der Waals surface area contributed by atoms with Crippen LogP contribution in [0, 0.1) is 0 Å². The number of hydrogen-bond donors (Lipinski definition) is 1. The fraction of sp³-hybridized carbons (Fsp3) is 0.786. The summed E-state index contributed by atoms with van der Waals surface area (Å²) in [5.74, 6) is 1.07. The van der Waals surface area contributed by atoms with E-state index in [0.717, 1.165) is 38.1 Å². The minimum Gasteiger partial charge on any atom is -0.373 e. The van der Waals surface area contributed by atoms with E-state index in [1.165, 1.54) is 38.0 Å². The number of likely N-dealkylation sites (tertiary alicyclic amines) is 1. The molecule has 18 heavy (non-hydrogen) atoms. The van der Waals surface area contributed by atoms with E-state index in [1.54, 1.807) is 0 Å². The molecule has 0 amide bonds. The lowest BCUT2D eigenvalue weighted by molar-refractivity contribution is 0.0751. The van der Waals surface area contributed by atoms with Crippen LogP contribution in [0.15, 0.2) is 6.20 Å². The SMILES string of the molecule is OC1CCCc2cnc(CCN3CCCCC3)n21. The lowest BCUT2D eigenvalue weighted by Crippen LogP contribution is -2.32. The Morgan fingerprint density at radius 1 is 1.22 bits per heavy atom. The Morgan fingerprint density at radius 2 is 2.06 bits per heavy atom. The van der Waals surface area contributed by atoms with Gasteiger partial charge in [-0.2, -0.15) is 0 Å². The first kappa shape index (κ1) is 12.2. The van der Waals surface area contributed by atoms with Gasteiger partial charge in [-0.25, -0.2) is 4.98 Å². The van der Waals surface area contributed by atoms with Crippen LogP contribution < -0.4 is 0 Å². The predicted octanol–water partition coefficient (Wildman–Crippen LogP) is 1.74. The summed E-state index contributed by atoms with van der Waals surface area (Å²) in [5.41, 5.74) is 1.21. The third kappa shape index (κ3) is 2.45. The Balaban J connectivity index is 1.64. The number of nitrogens with zero attached hydrogens (tertiary/aromatic N) is 3. The first-order chi connectivity index (χ1) is 8.84. The van der Waals surface area contributed by atoms with Gasteiger partial charge in [-0.05, 0) is 45.2 Å². The van der Waals surface area contributed by atoms with Crippen LogP contribution in [0.5, 0.6) is 0 Å². The number of hydrogen-bond acceptors (Lipinski definition) is 3. The molecule has 1 aromatic rings. The maximum atomic E-state index is 10.1. The molecule has 0 bridgehead atoms. The Labute approximate surface area is 109 Å². The van der Waals surface area contributed by atoms with Crippen molar-refractivity contribution in [3.8, 4) is 0 Å². The molecule has 100 valence electrons. The van der Waals surface area contributed by atoms with Gasteiger partial charge in [0.25, 0.3) is 0 Å². The lowest BCUT2D eigenvalue weighted by atomic mass is 10.1. The highest BCUT2D eigenvalue weighted by atomic mass is 16.3. The average molecular weight is 249 g/mol. The fourth-order valence-electron chi connectivity index (χ4n) is 3.21. The van der Waals surface area contributed by atoms with Crippen molar-refractivity contribution in [1.82, 2.24) is 14.5 Å². The Bertz CT molecular complexity index is 396. The predicted molar refractivity (Wildman–Crippen MR) is 70.4 cm³/mol. The van der Waals surface area contributed by atoms with Crippen LogP contribution in [0.3, 0.4) is 0 Å². The van der Waals surface area contributed by atoms with E-state index in [1.807, 2.05) is 6.20 Å². The van der Waals surface area contributed by atoms with Gasteiger partial charge in [0.15, 0.2) is 0 Å². The van der Waals surface area contributed by atoms with Gasteiger partial charge in [0.1, 0.15) is 12.1 Å². The molecule has 1 N–H and O–H groups in total. The van der Waals surface area contributed by atoms with Crippen molar-refractivity contribution in [2.75, 3.05) is 19.6 Å². The van der Waals surface area contributed by atoms with Crippen LogP contribution in [0.2, 0.25) is 0 Å². The van der Waals surface area contributed by atoms with Crippen molar-refractivity contribution in [2.24, 2.45) is 0 Å². The average Bonchev–Trinajstić information content (AvgIpc) is 2.82. The number of aryl methyl sites for hydroxylation is 1. The summed E-state index contributed by atoms with van der Waals surface area (Å²) in [6.45, 7) is 3.55. The maximum Gasteiger partial charge on any atom is 0.132 e. The third-order valence-electron chi connectivity index (χ3n) is 4.24. The quantitative estimate of drug-likeness (QED) is 0.887. The summed E-state index contributed by atoms with van der Waals surface area (Å²) in [6.07, 6.45) is 9.66. The third-order valence-corrected chi connectivity index (χ3v) is 4.24. The maximum absolute atomic E-state index is 10.1. The zero-order valence-electron chi connectivity index (χ0n) is 11.0. The second-order valence-electron chi connectivity index (χ2n) is 5.56. The highest BCUT2D eigenvalue weighted by molar-refractivity contribution is 5.09. The molecule has 0 aliphatic carbocycles. The highest BCUT2D eigenvalue weighted by Gasteiger charge is 2.21. The van der Waals surface area contributed by atoms with Gasteiger partial charge in [-0.1, -0.05) is 6.42 Å². The summed E-state index contributed by atoms with van der Waals surface area (Å²) in [5, 5.41) is 10.1. The lowest BCUT2D eigenvalue weighted by Gasteiger charge is -2.27. The molecule has 0 saturated carbocycles. The molecule has 3 rings (SSSR count). The molecule has 1 unspecified atom stereocenters. The van der Waals surface area contributed by atoms with E-state index in [-0.39, 0.29) is 6.23 Å². The molecule has 1 saturated heterocycles. The van der Waals surface area contributed by atoms with E-state index >= 15 is 0 Å². The van der Waals surface area contributed by atoms with Crippen LogP contribution in [0.25, 0.3) is 0 Å². The molecule has 1 atom stereocenters. The highest BCUT2D eigenvalue weighted by Crippen LogP contribution is 2.24. The molecular weight excluding hydrogens is 226 g/mol. The first-order valence-electron chi connectivity index (χ1n) is 7.30. The molecule has 2 aliphatic heterocycles. The Hall–Kier alpha value is -0.870. The topological polar surface area (TPSA) is 41.3 Å². The minimum absolute atomic E-state index is 0.340. The number of aliphatic hydroxyl groups excluding tert-OH is 1. The van der Waals surface area contributed by atoms with Crippen LogP contribution >= 0.6 is 0 Å². The van der Waals surface area contributed by atoms with Crippen LogP contribution in [0.1, 0.15) is 49.9 Å². The van der Waals surface area contributed by atoms with E-state index < -0.39 is 0 Å². The second kappa shape index (κ2) is 5.41. The summed E-state index contributed by atoms with van der Waals surface area (Å²) in [6, 6.07) is 0. The van der Waals surface area contributed by atoms with Crippen molar-refractivity contribution in [1.29, 1.82) is 0 Å². The molecule has 0 radical (unpaired) electrons. The van der Waals surface area contributed by atoms with Crippen molar-refractivity contribution >= 4 is 0 Å². The van der Waals surface area contributed by atoms with E-state index in [0.29, 0.717) is 0 Å². The fourth-order valence-corrected chi connectivity index (χ4v) is 3.21. The molecule has 2 aliphatic rings. The molecule has 4 heteroatoms. The number of aliphatic hydroxyl groups is 1. The van der Waals surface area contributed by atoms with Gasteiger partial charge < -0.3 is 14.6 Å². The van der Waals surface area contributed by atoms with Crippen LogP contribution in [0.4, 0.5) is 0 Å². The van der Waals surface area contributed by atoms with E-state index in [2.05, 4.69) is 14.5 Å². The van der Waals surface area contributed by atoms with Gasteiger partial charge in [0, 0.05) is 24.9 Å². The second-order valence-corrected chi connectivity index (χ2v) is 5.56. The summed E-state index contributed by atoms with van der Waals surface area (Å²) >= 11 is 0. The Kier molecular flexibility index (Phi) is 3.66. The summed E-state index contributed by atoms with van der Waals surface area (Å²) in [4.78, 5) is 7.04. The zero-order chi connectivity index (χ0) is 12.4. The first-order valence-corrected chi connectivity index (χ1v) is 7.30. The molecular formula is C14H23N3O. The molecule has 4 nitrogen and oxygen atoms in total. The minimum atomic E-state index is -0.340. The van der Waals surface area contributed by atoms with Crippen molar-refractivity contribution < 1.29 is 5.11 Å². The number of fused-ring (bicyclic) bond motifs is 1. The van der Waals surface area contributed by atoms with Gasteiger partial charge >= 0.3 is 0 Å². The molecule has 0 aromatic carbocycles. The van der Waals surface area contributed by atoms with Gasteiger partial charge in [-0.3, -0.25) is 0 Å². The largest absolute Gasteiger partial charge is 0.373 e. The van der Waals surface area contributed by atoms with Gasteiger partial charge in [0.05, 0.1) is 0 Å². The molecule has 0 spiro atoms. The van der Waals surface area contributed by atoms with Crippen molar-refractivity contribution in [2.45, 2.75) is 51.2 Å². The van der Waals surface area contributed by atoms with E-state index in [9.17, 15) is 5.11 Å². The van der Waals surface area contributed by atoms with E-state index in [4.69, 9.17) is 0 Å². The monoisotopic (exact) mass is 249 g/mol. The smallest absolute Gasteiger partial charge is 0.132 e. The summed E-state index contributed by atoms with van der Waals surface area (Å²) < 4.78 is 2.06. The number of aromatic nitrogens is 2. The van der Waals surface area contributed by atoms with Crippen molar-refractivity contribution in [3.05, 3.63) is 17.7 Å². The normalized spacial score (nSPS) is 25.1. The van der Waals surface area contributed by atoms with Crippen molar-refractivity contribution in [3.63, 3.8) is 0 Å². The molecule has 1 aromatic heterocycles. The Morgan fingerprint density at radius 3 is 2.89 bits per heavy atom.